The van der Waals surface area contributed by atoms with Crippen LogP contribution in [0.1, 0.15) is 40.0 Å². The molecular weight excluding hydrogens is 160 g/mol. The highest BCUT2D eigenvalue weighted by atomic mass is 15.1. The third-order valence-corrected chi connectivity index (χ3v) is 2.98. The monoisotopic (exact) mass is 184 g/mol. The summed E-state index contributed by atoms with van der Waals surface area (Å²) in [6.07, 6.45) is 4.02. The molecular formula is C11H24N2. The molecule has 0 saturated carbocycles. The van der Waals surface area contributed by atoms with Crippen LogP contribution in [0.2, 0.25) is 0 Å². The topological polar surface area (TPSA) is 29.3 Å². The third kappa shape index (κ3) is 4.10. The summed E-state index contributed by atoms with van der Waals surface area (Å²) in [6.45, 7) is 10.4. The maximum absolute atomic E-state index is 5.80. The maximum Gasteiger partial charge on any atom is 0.0139 e. The second-order valence-corrected chi connectivity index (χ2v) is 5.30. The van der Waals surface area contributed by atoms with Gasteiger partial charge in [0.05, 0.1) is 0 Å². The first-order valence-corrected chi connectivity index (χ1v) is 5.47. The fraction of sp³-hybridized carbons (Fsp3) is 1.00. The highest BCUT2D eigenvalue weighted by Gasteiger charge is 2.22. The first kappa shape index (κ1) is 11.0. The van der Waals surface area contributed by atoms with E-state index in [-0.39, 0.29) is 0 Å². The summed E-state index contributed by atoms with van der Waals surface area (Å²) in [6, 6.07) is 0.321. The summed E-state index contributed by atoms with van der Waals surface area (Å²) in [7, 11) is 0. The van der Waals surface area contributed by atoms with Gasteiger partial charge >= 0.3 is 0 Å². The Kier molecular flexibility index (Phi) is 3.74. The molecule has 0 bridgehead atoms. The predicted octanol–water partition coefficient (Wildman–Crippen LogP) is 1.85. The Hall–Kier alpha value is -0.0800. The van der Waals surface area contributed by atoms with Gasteiger partial charge in [-0.1, -0.05) is 13.8 Å². The molecule has 0 aromatic rings. The second kappa shape index (κ2) is 4.43. The first-order chi connectivity index (χ1) is 5.99. The van der Waals surface area contributed by atoms with Crippen LogP contribution in [0, 0.1) is 5.41 Å². The number of hydrogen-bond acceptors (Lipinski definition) is 2. The van der Waals surface area contributed by atoms with Gasteiger partial charge in [0.1, 0.15) is 0 Å². The van der Waals surface area contributed by atoms with E-state index in [0.717, 1.165) is 6.54 Å². The van der Waals surface area contributed by atoms with Crippen molar-refractivity contribution >= 4 is 0 Å². The molecule has 1 atom stereocenters. The summed E-state index contributed by atoms with van der Waals surface area (Å²) in [4.78, 5) is 2.51. The van der Waals surface area contributed by atoms with Crippen LogP contribution in [-0.2, 0) is 0 Å². The van der Waals surface area contributed by atoms with Gasteiger partial charge in [0.15, 0.2) is 0 Å². The zero-order valence-electron chi connectivity index (χ0n) is 9.34. The molecule has 0 radical (unpaired) electrons. The lowest BCUT2D eigenvalue weighted by molar-refractivity contribution is 0.253. The summed E-state index contributed by atoms with van der Waals surface area (Å²) >= 11 is 0. The minimum Gasteiger partial charge on any atom is -0.327 e. The van der Waals surface area contributed by atoms with Crippen molar-refractivity contribution in [1.82, 2.24) is 4.90 Å². The zero-order valence-corrected chi connectivity index (χ0v) is 9.34. The molecule has 1 fully saturated rings. The molecule has 0 unspecified atom stereocenters. The van der Waals surface area contributed by atoms with Gasteiger partial charge < -0.3 is 10.6 Å². The van der Waals surface area contributed by atoms with Crippen molar-refractivity contribution < 1.29 is 0 Å². The fourth-order valence-electron chi connectivity index (χ4n) is 2.07. The lowest BCUT2D eigenvalue weighted by Crippen LogP contribution is -2.36. The predicted molar refractivity (Wildman–Crippen MR) is 57.7 cm³/mol. The molecule has 0 aliphatic carbocycles. The third-order valence-electron chi connectivity index (χ3n) is 2.98. The van der Waals surface area contributed by atoms with E-state index in [1.165, 1.54) is 32.4 Å². The molecule has 0 spiro atoms. The largest absolute Gasteiger partial charge is 0.327 e. The van der Waals surface area contributed by atoms with Gasteiger partial charge in [-0.05, 0) is 44.7 Å². The molecule has 78 valence electrons. The van der Waals surface area contributed by atoms with Gasteiger partial charge in [-0.25, -0.2) is 0 Å². The SMILES string of the molecule is C[C@@H](N)CN1CCCC(C)(C)CC1. The van der Waals surface area contributed by atoms with Crippen LogP contribution in [0.25, 0.3) is 0 Å². The quantitative estimate of drug-likeness (QED) is 0.709. The van der Waals surface area contributed by atoms with E-state index in [1.807, 2.05) is 0 Å². The van der Waals surface area contributed by atoms with Crippen LogP contribution in [0.5, 0.6) is 0 Å². The average molecular weight is 184 g/mol. The highest BCUT2D eigenvalue weighted by Crippen LogP contribution is 2.29. The van der Waals surface area contributed by atoms with Crippen LogP contribution in [-0.4, -0.2) is 30.6 Å². The molecule has 2 heteroatoms. The molecule has 2 N–H and O–H groups in total. The number of likely N-dealkylation sites (tertiary alicyclic amines) is 1. The Bertz CT molecular complexity index is 152. The molecule has 1 aliphatic rings. The number of nitrogens with two attached hydrogens (primary N) is 1. The smallest absolute Gasteiger partial charge is 0.0139 e. The molecule has 1 aliphatic heterocycles. The van der Waals surface area contributed by atoms with E-state index in [1.54, 1.807) is 0 Å². The number of hydrogen-bond donors (Lipinski definition) is 1. The van der Waals surface area contributed by atoms with E-state index in [4.69, 9.17) is 5.73 Å². The van der Waals surface area contributed by atoms with Crippen LogP contribution in [0.15, 0.2) is 0 Å². The van der Waals surface area contributed by atoms with Crippen LogP contribution in [0.3, 0.4) is 0 Å². The van der Waals surface area contributed by atoms with Crippen molar-refractivity contribution in [3.05, 3.63) is 0 Å². The first-order valence-electron chi connectivity index (χ1n) is 5.47. The molecule has 0 aromatic carbocycles. The minimum atomic E-state index is 0.321. The Balaban J connectivity index is 2.36. The standard InChI is InChI=1S/C11H24N2/c1-10(12)9-13-7-4-5-11(2,3)6-8-13/h10H,4-9,12H2,1-3H3/t10-/m1/s1. The molecule has 2 nitrogen and oxygen atoms in total. The lowest BCUT2D eigenvalue weighted by atomic mass is 9.85. The molecule has 0 amide bonds. The number of rotatable bonds is 2. The van der Waals surface area contributed by atoms with Gasteiger partial charge in [-0.2, -0.15) is 0 Å². The normalized spacial score (nSPS) is 26.8. The van der Waals surface area contributed by atoms with Crippen molar-refractivity contribution in [2.24, 2.45) is 11.1 Å². The molecule has 1 heterocycles. The van der Waals surface area contributed by atoms with Crippen LogP contribution >= 0.6 is 0 Å². The minimum absolute atomic E-state index is 0.321. The summed E-state index contributed by atoms with van der Waals surface area (Å²) in [5.74, 6) is 0. The molecule has 1 saturated heterocycles. The van der Waals surface area contributed by atoms with Crippen molar-refractivity contribution in [3.63, 3.8) is 0 Å². The van der Waals surface area contributed by atoms with Crippen molar-refractivity contribution in [2.75, 3.05) is 19.6 Å². The van der Waals surface area contributed by atoms with Crippen molar-refractivity contribution in [1.29, 1.82) is 0 Å². The molecule has 1 rings (SSSR count). The Labute approximate surface area is 82.5 Å². The number of nitrogens with zero attached hydrogens (tertiary/aromatic N) is 1. The summed E-state index contributed by atoms with van der Waals surface area (Å²) in [5.41, 5.74) is 6.35. The van der Waals surface area contributed by atoms with Crippen LogP contribution in [0.4, 0.5) is 0 Å². The summed E-state index contributed by atoms with van der Waals surface area (Å²) in [5, 5.41) is 0. The Morgan fingerprint density at radius 3 is 2.62 bits per heavy atom. The van der Waals surface area contributed by atoms with E-state index >= 15 is 0 Å². The van der Waals surface area contributed by atoms with Gasteiger partial charge in [0, 0.05) is 12.6 Å². The van der Waals surface area contributed by atoms with Gasteiger partial charge in [-0.3, -0.25) is 0 Å². The van der Waals surface area contributed by atoms with Crippen molar-refractivity contribution in [2.45, 2.75) is 46.1 Å². The molecule has 13 heavy (non-hydrogen) atoms. The van der Waals surface area contributed by atoms with Crippen LogP contribution < -0.4 is 5.73 Å². The van der Waals surface area contributed by atoms with Gasteiger partial charge in [0.25, 0.3) is 0 Å². The summed E-state index contributed by atoms with van der Waals surface area (Å²) < 4.78 is 0. The van der Waals surface area contributed by atoms with E-state index < -0.39 is 0 Å². The van der Waals surface area contributed by atoms with E-state index in [0.29, 0.717) is 11.5 Å². The van der Waals surface area contributed by atoms with E-state index in [2.05, 4.69) is 25.7 Å². The average Bonchev–Trinajstić information content (AvgIpc) is 2.12. The van der Waals surface area contributed by atoms with Crippen molar-refractivity contribution in [3.8, 4) is 0 Å². The fourth-order valence-corrected chi connectivity index (χ4v) is 2.07. The van der Waals surface area contributed by atoms with Gasteiger partial charge in [0.2, 0.25) is 0 Å². The van der Waals surface area contributed by atoms with E-state index in [9.17, 15) is 0 Å². The second-order valence-electron chi connectivity index (χ2n) is 5.30. The highest BCUT2D eigenvalue weighted by molar-refractivity contribution is 4.77. The maximum atomic E-state index is 5.80. The lowest BCUT2D eigenvalue weighted by Gasteiger charge is -2.24. The Morgan fingerprint density at radius 2 is 2.00 bits per heavy atom. The Morgan fingerprint density at radius 1 is 1.31 bits per heavy atom. The molecule has 0 aromatic heterocycles. The van der Waals surface area contributed by atoms with Gasteiger partial charge in [-0.15, -0.1) is 0 Å². The zero-order chi connectivity index (χ0) is 9.90.